The minimum atomic E-state index is 0.382. The van der Waals surface area contributed by atoms with Crippen molar-refractivity contribution >= 4 is 5.69 Å². The fourth-order valence-electron chi connectivity index (χ4n) is 2.21. The van der Waals surface area contributed by atoms with Gasteiger partial charge in [-0.1, -0.05) is 48.5 Å². The summed E-state index contributed by atoms with van der Waals surface area (Å²) in [6.07, 6.45) is 1.72. The van der Waals surface area contributed by atoms with E-state index in [-0.39, 0.29) is 0 Å². The lowest BCUT2D eigenvalue weighted by molar-refractivity contribution is 0.281. The van der Waals surface area contributed by atoms with Gasteiger partial charge in [0.05, 0.1) is 5.69 Å². The molecule has 0 amide bonds. The number of ether oxygens (including phenoxy) is 1. The van der Waals surface area contributed by atoms with Crippen LogP contribution in [0.2, 0.25) is 0 Å². The summed E-state index contributed by atoms with van der Waals surface area (Å²) in [7, 11) is 1.89. The molecule has 4 heteroatoms. The van der Waals surface area contributed by atoms with Crippen LogP contribution >= 0.6 is 0 Å². The molecule has 1 aromatic heterocycles. The fourth-order valence-corrected chi connectivity index (χ4v) is 2.21. The lowest BCUT2D eigenvalue weighted by atomic mass is 10.1. The summed E-state index contributed by atoms with van der Waals surface area (Å²) in [5.74, 6) is 0. The molecule has 0 aliphatic rings. The predicted octanol–water partition coefficient (Wildman–Crippen LogP) is 3.76. The van der Waals surface area contributed by atoms with Gasteiger partial charge in [0.15, 0.2) is 0 Å². The first-order valence-corrected chi connectivity index (χ1v) is 7.14. The van der Waals surface area contributed by atoms with Gasteiger partial charge >= 0.3 is 6.01 Å². The molecular weight excluding hydrogens is 274 g/mol. The molecule has 1 heterocycles. The fraction of sp³-hybridized carbons (Fsp3) is 0.111. The molecule has 0 fully saturated rings. The van der Waals surface area contributed by atoms with Crippen LogP contribution in [0, 0.1) is 0 Å². The zero-order chi connectivity index (χ0) is 15.2. The Morgan fingerprint density at radius 1 is 0.955 bits per heavy atom. The first-order chi connectivity index (χ1) is 10.9. The number of aromatic nitrogens is 2. The molecule has 0 bridgehead atoms. The summed E-state index contributed by atoms with van der Waals surface area (Å²) in [6.45, 7) is 0.426. The molecule has 0 saturated heterocycles. The van der Waals surface area contributed by atoms with E-state index in [1.54, 1.807) is 6.20 Å². The summed E-state index contributed by atoms with van der Waals surface area (Å²) < 4.78 is 5.73. The number of hydrogen-bond donors (Lipinski definition) is 1. The number of benzene rings is 2. The summed E-state index contributed by atoms with van der Waals surface area (Å²) in [4.78, 5) is 8.64. The molecule has 110 valence electrons. The molecule has 0 radical (unpaired) electrons. The Kier molecular flexibility index (Phi) is 4.30. The average Bonchev–Trinajstić information content (AvgIpc) is 2.61. The Hall–Kier alpha value is -2.88. The third kappa shape index (κ3) is 3.23. The topological polar surface area (TPSA) is 47.0 Å². The maximum atomic E-state index is 5.73. The number of rotatable bonds is 5. The highest BCUT2D eigenvalue weighted by atomic mass is 16.5. The third-order valence-corrected chi connectivity index (χ3v) is 3.35. The van der Waals surface area contributed by atoms with E-state index in [0.29, 0.717) is 12.6 Å². The standard InChI is InChI=1S/C18H17N3O/c1-19-16-10-6-5-9-15(16)13-22-18-20-12-11-17(21-18)14-7-3-2-4-8-14/h2-12,19H,13H2,1H3. The molecule has 0 unspecified atom stereocenters. The molecule has 0 spiro atoms. The highest BCUT2D eigenvalue weighted by Gasteiger charge is 2.05. The molecule has 1 N–H and O–H groups in total. The smallest absolute Gasteiger partial charge is 0.317 e. The molecule has 0 aliphatic heterocycles. The molecule has 0 aliphatic carbocycles. The highest BCUT2D eigenvalue weighted by Crippen LogP contribution is 2.19. The molecule has 4 nitrogen and oxygen atoms in total. The quantitative estimate of drug-likeness (QED) is 0.777. The molecule has 22 heavy (non-hydrogen) atoms. The van der Waals surface area contributed by atoms with Gasteiger partial charge in [-0.3, -0.25) is 0 Å². The second-order valence-electron chi connectivity index (χ2n) is 4.79. The van der Waals surface area contributed by atoms with Gasteiger partial charge in [-0.05, 0) is 12.1 Å². The molecule has 2 aromatic carbocycles. The SMILES string of the molecule is CNc1ccccc1COc1nccc(-c2ccccc2)n1. The van der Waals surface area contributed by atoms with Crippen LogP contribution in [-0.4, -0.2) is 17.0 Å². The van der Waals surface area contributed by atoms with Gasteiger partial charge in [-0.2, -0.15) is 4.98 Å². The largest absolute Gasteiger partial charge is 0.458 e. The van der Waals surface area contributed by atoms with E-state index in [4.69, 9.17) is 4.74 Å². The van der Waals surface area contributed by atoms with Gasteiger partial charge in [0, 0.05) is 30.1 Å². The monoisotopic (exact) mass is 291 g/mol. The zero-order valence-corrected chi connectivity index (χ0v) is 12.4. The first kappa shape index (κ1) is 14.1. The third-order valence-electron chi connectivity index (χ3n) is 3.35. The molecular formula is C18H17N3O. The zero-order valence-electron chi connectivity index (χ0n) is 12.4. The summed E-state index contributed by atoms with van der Waals surface area (Å²) in [6, 6.07) is 20.3. The van der Waals surface area contributed by atoms with Crippen LogP contribution < -0.4 is 10.1 Å². The van der Waals surface area contributed by atoms with Crippen molar-refractivity contribution in [1.82, 2.24) is 9.97 Å². The van der Waals surface area contributed by atoms with Crippen LogP contribution in [0.5, 0.6) is 6.01 Å². The van der Waals surface area contributed by atoms with Gasteiger partial charge in [0.25, 0.3) is 0 Å². The van der Waals surface area contributed by atoms with E-state index in [1.165, 1.54) is 0 Å². The van der Waals surface area contributed by atoms with E-state index in [1.807, 2.05) is 67.7 Å². The van der Waals surface area contributed by atoms with Gasteiger partial charge < -0.3 is 10.1 Å². The summed E-state index contributed by atoms with van der Waals surface area (Å²) >= 11 is 0. The number of anilines is 1. The lowest BCUT2D eigenvalue weighted by Gasteiger charge is -2.10. The van der Waals surface area contributed by atoms with E-state index in [2.05, 4.69) is 15.3 Å². The van der Waals surface area contributed by atoms with Crippen molar-refractivity contribution in [1.29, 1.82) is 0 Å². The Bertz CT molecular complexity index is 744. The van der Waals surface area contributed by atoms with Crippen LogP contribution in [0.15, 0.2) is 66.9 Å². The minimum absolute atomic E-state index is 0.382. The van der Waals surface area contributed by atoms with Gasteiger partial charge in [0.2, 0.25) is 0 Å². The number of para-hydroxylation sites is 1. The Balaban J connectivity index is 1.76. The van der Waals surface area contributed by atoms with Crippen LogP contribution in [0.4, 0.5) is 5.69 Å². The second-order valence-corrected chi connectivity index (χ2v) is 4.79. The van der Waals surface area contributed by atoms with Crippen LogP contribution in [0.3, 0.4) is 0 Å². The minimum Gasteiger partial charge on any atom is -0.458 e. The Labute approximate surface area is 129 Å². The maximum absolute atomic E-state index is 5.73. The van der Waals surface area contributed by atoms with Gasteiger partial charge in [-0.25, -0.2) is 4.98 Å². The molecule has 0 saturated carbocycles. The molecule has 0 atom stereocenters. The maximum Gasteiger partial charge on any atom is 0.317 e. The number of nitrogens with one attached hydrogen (secondary N) is 1. The summed E-state index contributed by atoms with van der Waals surface area (Å²) in [5, 5.41) is 3.15. The normalized spacial score (nSPS) is 10.2. The van der Waals surface area contributed by atoms with Crippen molar-refractivity contribution in [2.24, 2.45) is 0 Å². The highest BCUT2D eigenvalue weighted by molar-refractivity contribution is 5.58. The van der Waals surface area contributed by atoms with Crippen molar-refractivity contribution in [3.8, 4) is 17.3 Å². The van der Waals surface area contributed by atoms with E-state index >= 15 is 0 Å². The van der Waals surface area contributed by atoms with Crippen LogP contribution in [-0.2, 0) is 6.61 Å². The number of nitrogens with zero attached hydrogens (tertiary/aromatic N) is 2. The average molecular weight is 291 g/mol. The van der Waals surface area contributed by atoms with Crippen molar-refractivity contribution < 1.29 is 4.74 Å². The van der Waals surface area contributed by atoms with E-state index < -0.39 is 0 Å². The molecule has 3 rings (SSSR count). The lowest BCUT2D eigenvalue weighted by Crippen LogP contribution is -2.03. The number of hydrogen-bond acceptors (Lipinski definition) is 4. The van der Waals surface area contributed by atoms with E-state index in [9.17, 15) is 0 Å². The van der Waals surface area contributed by atoms with Crippen molar-refractivity contribution in [3.05, 3.63) is 72.4 Å². The van der Waals surface area contributed by atoms with Crippen LogP contribution in [0.25, 0.3) is 11.3 Å². The van der Waals surface area contributed by atoms with Crippen molar-refractivity contribution in [2.75, 3.05) is 12.4 Å². The first-order valence-electron chi connectivity index (χ1n) is 7.14. The Morgan fingerprint density at radius 3 is 2.55 bits per heavy atom. The van der Waals surface area contributed by atoms with Crippen molar-refractivity contribution in [3.63, 3.8) is 0 Å². The van der Waals surface area contributed by atoms with Gasteiger partial charge in [0.1, 0.15) is 6.61 Å². The van der Waals surface area contributed by atoms with E-state index in [0.717, 1.165) is 22.5 Å². The van der Waals surface area contributed by atoms with Crippen molar-refractivity contribution in [2.45, 2.75) is 6.61 Å². The van der Waals surface area contributed by atoms with Crippen LogP contribution in [0.1, 0.15) is 5.56 Å². The summed E-state index contributed by atoms with van der Waals surface area (Å²) in [5.41, 5.74) is 4.01. The van der Waals surface area contributed by atoms with Gasteiger partial charge in [-0.15, -0.1) is 0 Å². The predicted molar refractivity (Wildman–Crippen MR) is 87.8 cm³/mol. The second kappa shape index (κ2) is 6.72. The Morgan fingerprint density at radius 2 is 1.73 bits per heavy atom. The molecule has 3 aromatic rings.